The van der Waals surface area contributed by atoms with Gasteiger partial charge in [-0.25, -0.2) is 13.2 Å². The normalized spacial score (nSPS) is 13.1. The molecule has 1 aromatic rings. The molecule has 0 bridgehead atoms. The Morgan fingerprint density at radius 2 is 1.92 bits per heavy atom. The molecule has 7 nitrogen and oxygen atoms in total. The van der Waals surface area contributed by atoms with Gasteiger partial charge in [0, 0.05) is 18.7 Å². The number of benzene rings is 1. The first-order chi connectivity index (χ1) is 11.1. The molecule has 1 unspecified atom stereocenters. The Kier molecular flexibility index (Phi) is 6.92. The van der Waals surface area contributed by atoms with E-state index in [1.54, 1.807) is 13.8 Å². The van der Waals surface area contributed by atoms with Crippen LogP contribution < -0.4 is 5.32 Å². The molecule has 0 aliphatic carbocycles. The number of rotatable bonds is 8. The summed E-state index contributed by atoms with van der Waals surface area (Å²) in [5, 5.41) is 11.5. The molecule has 0 aliphatic heterocycles. The lowest BCUT2D eigenvalue weighted by atomic mass is 10.1. The third-order valence-electron chi connectivity index (χ3n) is 3.68. The summed E-state index contributed by atoms with van der Waals surface area (Å²) < 4.78 is 26.2. The van der Waals surface area contributed by atoms with Gasteiger partial charge in [0.15, 0.2) is 0 Å². The minimum atomic E-state index is -3.71. The van der Waals surface area contributed by atoms with Crippen LogP contribution in [0.5, 0.6) is 0 Å². The monoisotopic (exact) mass is 356 g/mol. The first-order valence-corrected chi connectivity index (χ1v) is 9.17. The Labute approximate surface area is 142 Å². The number of hydrogen-bond acceptors (Lipinski definition) is 4. The van der Waals surface area contributed by atoms with E-state index < -0.39 is 27.9 Å². The maximum absolute atomic E-state index is 12.5. The molecule has 24 heavy (non-hydrogen) atoms. The third-order valence-corrected chi connectivity index (χ3v) is 5.71. The quantitative estimate of drug-likeness (QED) is 0.738. The van der Waals surface area contributed by atoms with E-state index in [0.717, 1.165) is 0 Å². The zero-order chi connectivity index (χ0) is 18.5. The number of carboxylic acid groups (broad SMARTS) is 1. The van der Waals surface area contributed by atoms with Crippen LogP contribution in [0.2, 0.25) is 0 Å². The summed E-state index contributed by atoms with van der Waals surface area (Å²) in [5.74, 6) is -1.73. The Morgan fingerprint density at radius 3 is 2.42 bits per heavy atom. The predicted molar refractivity (Wildman–Crippen MR) is 90.3 cm³/mol. The minimum absolute atomic E-state index is 0.00582. The van der Waals surface area contributed by atoms with Gasteiger partial charge in [-0.15, -0.1) is 0 Å². The van der Waals surface area contributed by atoms with Crippen molar-refractivity contribution < 1.29 is 23.1 Å². The van der Waals surface area contributed by atoms with Gasteiger partial charge < -0.3 is 10.4 Å². The van der Waals surface area contributed by atoms with E-state index in [1.807, 2.05) is 6.92 Å². The molecule has 0 aliphatic rings. The van der Waals surface area contributed by atoms with Gasteiger partial charge in [0.05, 0.1) is 4.90 Å². The summed E-state index contributed by atoms with van der Waals surface area (Å²) >= 11 is 0. The number of hydrogen-bond donors (Lipinski definition) is 2. The van der Waals surface area contributed by atoms with Crippen LogP contribution in [0, 0.1) is 0 Å². The first kappa shape index (κ1) is 20.1. The molecule has 0 saturated carbocycles. The SMILES string of the molecule is CCCC(NC(=O)c1cccc(S(=O)(=O)N(C)C(C)C)c1)C(=O)O. The molecule has 0 spiro atoms. The highest BCUT2D eigenvalue weighted by Crippen LogP contribution is 2.18. The predicted octanol–water partition coefficient (Wildman–Crippen LogP) is 1.70. The number of nitrogens with one attached hydrogen (secondary N) is 1. The average molecular weight is 356 g/mol. The van der Waals surface area contributed by atoms with Crippen LogP contribution in [-0.2, 0) is 14.8 Å². The molecular weight excluding hydrogens is 332 g/mol. The van der Waals surface area contributed by atoms with Crippen LogP contribution in [0.25, 0.3) is 0 Å². The maximum Gasteiger partial charge on any atom is 0.326 e. The number of amides is 1. The van der Waals surface area contributed by atoms with Crippen LogP contribution in [0.4, 0.5) is 0 Å². The second-order valence-corrected chi connectivity index (χ2v) is 7.79. The molecule has 2 N–H and O–H groups in total. The van der Waals surface area contributed by atoms with E-state index in [2.05, 4.69) is 5.32 Å². The molecule has 0 fully saturated rings. The van der Waals surface area contributed by atoms with E-state index >= 15 is 0 Å². The zero-order valence-electron chi connectivity index (χ0n) is 14.3. The minimum Gasteiger partial charge on any atom is -0.480 e. The molecule has 8 heteroatoms. The number of nitrogens with zero attached hydrogens (tertiary/aromatic N) is 1. The van der Waals surface area contributed by atoms with Crippen LogP contribution >= 0.6 is 0 Å². The largest absolute Gasteiger partial charge is 0.480 e. The van der Waals surface area contributed by atoms with Gasteiger partial charge in [-0.1, -0.05) is 19.4 Å². The average Bonchev–Trinajstić information content (AvgIpc) is 2.53. The standard InChI is InChI=1S/C16H24N2O5S/c1-5-7-14(16(20)21)17-15(19)12-8-6-9-13(10-12)24(22,23)18(4)11(2)3/h6,8-11,14H,5,7H2,1-4H3,(H,17,19)(H,20,21). The van der Waals surface area contributed by atoms with Gasteiger partial charge in [-0.2, -0.15) is 4.31 Å². The zero-order valence-corrected chi connectivity index (χ0v) is 15.1. The number of carbonyl (C=O) groups excluding carboxylic acids is 1. The molecule has 1 rings (SSSR count). The van der Waals surface area contributed by atoms with Gasteiger partial charge in [-0.3, -0.25) is 4.79 Å². The summed E-state index contributed by atoms with van der Waals surface area (Å²) in [7, 11) is -2.25. The topological polar surface area (TPSA) is 104 Å². The van der Waals surface area contributed by atoms with Crippen molar-refractivity contribution in [3.8, 4) is 0 Å². The van der Waals surface area contributed by atoms with E-state index in [-0.39, 0.29) is 16.5 Å². The Morgan fingerprint density at radius 1 is 1.29 bits per heavy atom. The van der Waals surface area contributed by atoms with Crippen LogP contribution in [0.1, 0.15) is 44.0 Å². The molecule has 0 radical (unpaired) electrons. The fraction of sp³-hybridized carbons (Fsp3) is 0.500. The molecule has 0 saturated heterocycles. The lowest BCUT2D eigenvalue weighted by molar-refractivity contribution is -0.139. The highest BCUT2D eigenvalue weighted by Gasteiger charge is 2.25. The molecule has 1 amide bonds. The van der Waals surface area contributed by atoms with Crippen LogP contribution in [0.3, 0.4) is 0 Å². The van der Waals surface area contributed by atoms with E-state index in [9.17, 15) is 18.0 Å². The smallest absolute Gasteiger partial charge is 0.326 e. The summed E-state index contributed by atoms with van der Waals surface area (Å²) in [6.45, 7) is 5.31. The van der Waals surface area contributed by atoms with Crippen molar-refractivity contribution >= 4 is 21.9 Å². The fourth-order valence-corrected chi connectivity index (χ4v) is 3.44. The summed E-state index contributed by atoms with van der Waals surface area (Å²) in [5.41, 5.74) is 0.107. The number of carbonyl (C=O) groups is 2. The second-order valence-electron chi connectivity index (χ2n) is 5.80. The molecule has 0 aromatic heterocycles. The van der Waals surface area contributed by atoms with E-state index in [0.29, 0.717) is 12.8 Å². The summed E-state index contributed by atoms with van der Waals surface area (Å²) in [6.07, 6.45) is 0.903. The molecule has 1 atom stereocenters. The van der Waals surface area contributed by atoms with Crippen LogP contribution in [0.15, 0.2) is 29.2 Å². The van der Waals surface area contributed by atoms with Crippen molar-refractivity contribution in [1.82, 2.24) is 9.62 Å². The molecular formula is C16H24N2O5S. The Balaban J connectivity index is 3.08. The molecule has 0 heterocycles. The highest BCUT2D eigenvalue weighted by atomic mass is 32.2. The van der Waals surface area contributed by atoms with Crippen molar-refractivity contribution in [2.45, 2.75) is 50.6 Å². The summed E-state index contributed by atoms with van der Waals surface area (Å²) in [4.78, 5) is 23.4. The lowest BCUT2D eigenvalue weighted by Crippen LogP contribution is -2.40. The third kappa shape index (κ3) is 4.78. The van der Waals surface area contributed by atoms with Crippen molar-refractivity contribution in [3.05, 3.63) is 29.8 Å². The van der Waals surface area contributed by atoms with E-state index in [1.165, 1.54) is 35.6 Å². The van der Waals surface area contributed by atoms with Gasteiger partial charge >= 0.3 is 5.97 Å². The second kappa shape index (κ2) is 8.25. The van der Waals surface area contributed by atoms with Gasteiger partial charge in [-0.05, 0) is 38.5 Å². The van der Waals surface area contributed by atoms with Crippen molar-refractivity contribution in [2.75, 3.05) is 7.05 Å². The van der Waals surface area contributed by atoms with Crippen molar-refractivity contribution in [2.24, 2.45) is 0 Å². The van der Waals surface area contributed by atoms with Crippen LogP contribution in [-0.4, -0.2) is 48.8 Å². The number of carboxylic acids is 1. The fourth-order valence-electron chi connectivity index (χ4n) is 2.03. The lowest BCUT2D eigenvalue weighted by Gasteiger charge is -2.21. The van der Waals surface area contributed by atoms with E-state index in [4.69, 9.17) is 5.11 Å². The summed E-state index contributed by atoms with van der Waals surface area (Å²) in [6, 6.07) is 4.36. The van der Waals surface area contributed by atoms with Crippen molar-refractivity contribution in [1.29, 1.82) is 0 Å². The van der Waals surface area contributed by atoms with Crippen molar-refractivity contribution in [3.63, 3.8) is 0 Å². The van der Waals surface area contributed by atoms with Gasteiger partial charge in [0.1, 0.15) is 6.04 Å². The first-order valence-electron chi connectivity index (χ1n) is 7.73. The molecule has 1 aromatic carbocycles. The van der Waals surface area contributed by atoms with Gasteiger partial charge in [0.25, 0.3) is 5.91 Å². The van der Waals surface area contributed by atoms with Gasteiger partial charge in [0.2, 0.25) is 10.0 Å². The Bertz CT molecular complexity index is 700. The molecule has 134 valence electrons. The number of aliphatic carboxylic acids is 1. The Hall–Kier alpha value is -1.93. The highest BCUT2D eigenvalue weighted by molar-refractivity contribution is 7.89. The number of sulfonamides is 1. The maximum atomic E-state index is 12.5.